The van der Waals surface area contributed by atoms with Gasteiger partial charge in [-0.2, -0.15) is 0 Å². The van der Waals surface area contributed by atoms with E-state index in [2.05, 4.69) is 0 Å². The van der Waals surface area contributed by atoms with E-state index < -0.39 is 86.5 Å². The van der Waals surface area contributed by atoms with Crippen molar-refractivity contribution in [1.82, 2.24) is 0 Å². The number of phenols is 1. The lowest BCUT2D eigenvalue weighted by molar-refractivity contribution is -0.277. The average molecular weight is 597 g/mol. The highest BCUT2D eigenvalue weighted by Crippen LogP contribution is 2.40. The summed E-state index contributed by atoms with van der Waals surface area (Å²) < 4.78 is 27.8. The fraction of sp³-hybridized carbons (Fsp3) is 0.519. The van der Waals surface area contributed by atoms with Gasteiger partial charge in [-0.05, 0) is 29.8 Å². The van der Waals surface area contributed by atoms with Crippen molar-refractivity contribution in [3.8, 4) is 23.0 Å². The molecule has 0 saturated carbocycles. The molecule has 0 radical (unpaired) electrons. The number of benzene rings is 2. The molecule has 9 N–H and O–H groups in total. The number of ketones is 1. The van der Waals surface area contributed by atoms with Crippen LogP contribution in [0.1, 0.15) is 28.4 Å². The maximum absolute atomic E-state index is 12.9. The van der Waals surface area contributed by atoms with E-state index in [1.807, 2.05) is 0 Å². The van der Waals surface area contributed by atoms with Gasteiger partial charge in [0.15, 0.2) is 17.3 Å². The Hall–Kier alpha value is -3.09. The minimum Gasteiger partial charge on any atom is -0.504 e. The van der Waals surface area contributed by atoms with Crippen LogP contribution in [-0.2, 0) is 9.47 Å². The SMILES string of the molecule is O=C1C[C@@H](c2ccc(O[C@@H]3O[C@H](CO)[C@@H](O)[C@H](O)[C@H]3O)c(O)c2)Oc2cc(O[C@@H]3O[C@H](CO)[C@@H](O)[C@H](O)[C@H]3O)ccc21. The molecule has 2 fully saturated rings. The molecule has 0 bridgehead atoms. The molecule has 5 rings (SSSR count). The normalized spacial score (nSPS) is 36.6. The van der Waals surface area contributed by atoms with Crippen molar-refractivity contribution < 1.29 is 74.4 Å². The van der Waals surface area contributed by atoms with Crippen LogP contribution in [0.3, 0.4) is 0 Å². The third-order valence-electron chi connectivity index (χ3n) is 7.44. The van der Waals surface area contributed by atoms with E-state index in [1.54, 1.807) is 0 Å². The quantitative estimate of drug-likeness (QED) is 0.160. The molecule has 15 nitrogen and oxygen atoms in total. The van der Waals surface area contributed by atoms with Gasteiger partial charge in [-0.1, -0.05) is 6.07 Å². The van der Waals surface area contributed by atoms with Crippen LogP contribution in [-0.4, -0.2) is 126 Å². The first-order valence-electron chi connectivity index (χ1n) is 13.1. The van der Waals surface area contributed by atoms with Crippen LogP contribution in [0.15, 0.2) is 36.4 Å². The van der Waals surface area contributed by atoms with E-state index in [4.69, 9.17) is 23.7 Å². The summed E-state index contributed by atoms with van der Waals surface area (Å²) >= 11 is 0. The van der Waals surface area contributed by atoms with E-state index in [9.17, 15) is 50.8 Å². The third kappa shape index (κ3) is 5.76. The number of phenolic OH excluding ortho intramolecular Hbond substituents is 1. The second-order valence-electron chi connectivity index (χ2n) is 10.2. The summed E-state index contributed by atoms with van der Waals surface area (Å²) in [5, 5.41) is 89.6. The van der Waals surface area contributed by atoms with Gasteiger partial charge in [-0.3, -0.25) is 4.79 Å². The van der Waals surface area contributed by atoms with Gasteiger partial charge >= 0.3 is 0 Å². The van der Waals surface area contributed by atoms with Crippen molar-refractivity contribution in [3.05, 3.63) is 47.5 Å². The molecule has 3 heterocycles. The Morgan fingerprint density at radius 2 is 1.33 bits per heavy atom. The molecule has 2 aromatic rings. The Morgan fingerprint density at radius 3 is 1.90 bits per heavy atom. The van der Waals surface area contributed by atoms with Crippen LogP contribution < -0.4 is 14.2 Å². The Labute approximate surface area is 238 Å². The van der Waals surface area contributed by atoms with Gasteiger partial charge in [-0.15, -0.1) is 0 Å². The number of aliphatic hydroxyl groups excluding tert-OH is 8. The molecule has 3 aliphatic heterocycles. The second-order valence-corrected chi connectivity index (χ2v) is 10.2. The first-order chi connectivity index (χ1) is 20.0. The standard InChI is InChI=1S/C27H32O15/c28-8-18-20(32)22(34)24(36)26(41-18)38-11-2-3-12-13(30)7-16(39-17(12)6-11)10-1-4-15(14(31)5-10)40-27-25(37)23(35)21(33)19(9-29)42-27/h1-6,16,18-29,31-37H,7-9H2/t16-,18+,19+,20+,21+,22-,23-,24+,25+,26+,27+/m0/s1. The van der Waals surface area contributed by atoms with Gasteiger partial charge in [-0.25, -0.2) is 0 Å². The minimum atomic E-state index is -1.68. The summed E-state index contributed by atoms with van der Waals surface area (Å²) in [5.41, 5.74) is 0.632. The smallest absolute Gasteiger partial charge is 0.229 e. The summed E-state index contributed by atoms with van der Waals surface area (Å²) in [4.78, 5) is 12.9. The van der Waals surface area contributed by atoms with Crippen molar-refractivity contribution in [2.24, 2.45) is 0 Å². The summed E-state index contributed by atoms with van der Waals surface area (Å²) in [6.45, 7) is -1.28. The summed E-state index contributed by atoms with van der Waals surface area (Å²) in [6, 6.07) is 8.35. The summed E-state index contributed by atoms with van der Waals surface area (Å²) in [6.07, 6.45) is -16.0. The molecule has 0 unspecified atom stereocenters. The Bertz CT molecular complexity index is 1270. The summed E-state index contributed by atoms with van der Waals surface area (Å²) in [7, 11) is 0. The lowest BCUT2D eigenvalue weighted by atomic mass is 9.96. The molecule has 2 aromatic carbocycles. The van der Waals surface area contributed by atoms with E-state index in [-0.39, 0.29) is 35.0 Å². The molecule has 0 aromatic heterocycles. The van der Waals surface area contributed by atoms with Crippen LogP contribution in [0.2, 0.25) is 0 Å². The second kappa shape index (κ2) is 12.3. The van der Waals surface area contributed by atoms with Gasteiger partial charge in [0, 0.05) is 6.07 Å². The predicted molar refractivity (Wildman–Crippen MR) is 136 cm³/mol. The lowest BCUT2D eigenvalue weighted by Gasteiger charge is -2.39. The topological polar surface area (TPSA) is 245 Å². The van der Waals surface area contributed by atoms with Gasteiger partial charge in [0.2, 0.25) is 12.6 Å². The number of hydrogen-bond donors (Lipinski definition) is 9. The van der Waals surface area contributed by atoms with Crippen LogP contribution >= 0.6 is 0 Å². The molecule has 42 heavy (non-hydrogen) atoms. The molecule has 11 atom stereocenters. The highest BCUT2D eigenvalue weighted by atomic mass is 16.7. The van der Waals surface area contributed by atoms with Crippen molar-refractivity contribution in [2.45, 2.75) is 73.9 Å². The van der Waals surface area contributed by atoms with Gasteiger partial charge in [0.1, 0.15) is 66.4 Å². The van der Waals surface area contributed by atoms with Crippen LogP contribution in [0, 0.1) is 0 Å². The van der Waals surface area contributed by atoms with Gasteiger partial charge in [0.05, 0.1) is 25.2 Å². The monoisotopic (exact) mass is 596 g/mol. The Morgan fingerprint density at radius 1 is 0.738 bits per heavy atom. The number of aliphatic hydroxyl groups is 8. The maximum atomic E-state index is 12.9. The number of carbonyl (C=O) groups excluding carboxylic acids is 1. The first kappa shape index (κ1) is 30.4. The van der Waals surface area contributed by atoms with Crippen molar-refractivity contribution >= 4 is 5.78 Å². The van der Waals surface area contributed by atoms with E-state index in [1.165, 1.54) is 36.4 Å². The molecule has 0 amide bonds. The maximum Gasteiger partial charge on any atom is 0.229 e. The fourth-order valence-electron chi connectivity index (χ4n) is 4.99. The number of carbonyl (C=O) groups is 1. The van der Waals surface area contributed by atoms with Crippen molar-refractivity contribution in [3.63, 3.8) is 0 Å². The molecule has 0 spiro atoms. The van der Waals surface area contributed by atoms with Crippen molar-refractivity contribution in [2.75, 3.05) is 13.2 Å². The molecule has 230 valence electrons. The largest absolute Gasteiger partial charge is 0.504 e. The lowest BCUT2D eigenvalue weighted by Crippen LogP contribution is -2.60. The number of rotatable bonds is 7. The highest BCUT2D eigenvalue weighted by Gasteiger charge is 2.46. The number of fused-ring (bicyclic) bond motifs is 1. The molecule has 15 heteroatoms. The van der Waals surface area contributed by atoms with E-state index in [0.717, 1.165) is 0 Å². The fourth-order valence-corrected chi connectivity index (χ4v) is 4.99. The predicted octanol–water partition coefficient (Wildman–Crippen LogP) is -2.54. The molecular formula is C27H32O15. The average Bonchev–Trinajstić information content (AvgIpc) is 2.98. The molecular weight excluding hydrogens is 564 g/mol. The first-order valence-corrected chi connectivity index (χ1v) is 13.1. The van der Waals surface area contributed by atoms with Crippen LogP contribution in [0.25, 0.3) is 0 Å². The van der Waals surface area contributed by atoms with Crippen molar-refractivity contribution in [1.29, 1.82) is 0 Å². The molecule has 2 saturated heterocycles. The molecule has 3 aliphatic rings. The minimum absolute atomic E-state index is 0.0771. The van der Waals surface area contributed by atoms with Crippen LogP contribution in [0.4, 0.5) is 0 Å². The van der Waals surface area contributed by atoms with Crippen LogP contribution in [0.5, 0.6) is 23.0 Å². The third-order valence-corrected chi connectivity index (χ3v) is 7.44. The van der Waals surface area contributed by atoms with Gasteiger partial charge in [0.25, 0.3) is 0 Å². The number of ether oxygens (including phenoxy) is 5. The Balaban J connectivity index is 1.30. The number of aromatic hydroxyl groups is 1. The summed E-state index contributed by atoms with van der Waals surface area (Å²) in [5.74, 6) is -0.620. The van der Waals surface area contributed by atoms with E-state index >= 15 is 0 Å². The van der Waals surface area contributed by atoms with E-state index in [0.29, 0.717) is 5.56 Å². The molecule has 0 aliphatic carbocycles. The number of hydrogen-bond acceptors (Lipinski definition) is 15. The zero-order chi connectivity index (χ0) is 30.3. The number of Topliss-reactive ketones (excluding diaryl/α,β-unsaturated/α-hetero) is 1. The highest BCUT2D eigenvalue weighted by molar-refractivity contribution is 6.00. The zero-order valence-corrected chi connectivity index (χ0v) is 21.9. The zero-order valence-electron chi connectivity index (χ0n) is 21.9. The van der Waals surface area contributed by atoms with Gasteiger partial charge < -0.3 is 69.6 Å². The Kier molecular flexibility index (Phi) is 8.86.